The Morgan fingerprint density at radius 1 is 1.12 bits per heavy atom. The zero-order valence-corrected chi connectivity index (χ0v) is 5.94. The topological polar surface area (TPSA) is 79.2 Å². The predicted molar refractivity (Wildman–Crippen MR) is 36.8 cm³/mol. The van der Waals surface area contributed by atoms with Gasteiger partial charge in [0.2, 0.25) is 0 Å². The van der Waals surface area contributed by atoms with Crippen molar-refractivity contribution in [2.24, 2.45) is 0 Å². The van der Waals surface area contributed by atoms with Crippen LogP contribution in [0.3, 0.4) is 0 Å². The molecule has 0 saturated carbocycles. The lowest BCUT2D eigenvalue weighted by molar-refractivity contribution is 0.148. The van der Waals surface area contributed by atoms with Crippen LogP contribution in [-0.2, 0) is 4.74 Å². The van der Waals surface area contributed by atoms with Crippen molar-refractivity contribution in [3.8, 4) is 0 Å². The number of hydrogen-bond donors (Lipinski definition) is 2. The Morgan fingerprint density at radius 2 is 1.62 bits per heavy atom. The standard InChI is InChI=1S/C5H12O.2H3N/c1-3-5-6-4-2;;/h3-5H2,1-2H3;2*1H3. The summed E-state index contributed by atoms with van der Waals surface area (Å²) in [6.07, 6.45) is 1.13. The molecule has 0 aliphatic rings. The van der Waals surface area contributed by atoms with Gasteiger partial charge in [0.15, 0.2) is 0 Å². The summed E-state index contributed by atoms with van der Waals surface area (Å²) >= 11 is 0. The number of rotatable bonds is 3. The Hall–Kier alpha value is -0.120. The second-order valence-corrected chi connectivity index (χ2v) is 1.20. The van der Waals surface area contributed by atoms with Gasteiger partial charge in [-0.15, -0.1) is 0 Å². The maximum atomic E-state index is 4.98. The molecule has 8 heavy (non-hydrogen) atoms. The fourth-order valence-corrected chi connectivity index (χ4v) is 0.289. The fourth-order valence-electron chi connectivity index (χ4n) is 0.289. The van der Waals surface area contributed by atoms with Crippen LogP contribution in [0, 0.1) is 0 Å². The molecule has 3 nitrogen and oxygen atoms in total. The lowest BCUT2D eigenvalue weighted by Crippen LogP contribution is -1.88. The van der Waals surface area contributed by atoms with Gasteiger partial charge in [0.05, 0.1) is 0 Å². The van der Waals surface area contributed by atoms with Crippen molar-refractivity contribution < 1.29 is 4.74 Å². The minimum Gasteiger partial charge on any atom is -0.382 e. The van der Waals surface area contributed by atoms with E-state index in [-0.39, 0.29) is 12.3 Å². The highest BCUT2D eigenvalue weighted by atomic mass is 16.5. The predicted octanol–water partition coefficient (Wildman–Crippen LogP) is 1.76. The third-order valence-electron chi connectivity index (χ3n) is 0.553. The zero-order valence-electron chi connectivity index (χ0n) is 5.94. The van der Waals surface area contributed by atoms with E-state index in [1.54, 1.807) is 0 Å². The average Bonchev–Trinajstić information content (AvgIpc) is 1.61. The number of hydrogen-bond acceptors (Lipinski definition) is 3. The molecule has 0 aromatic carbocycles. The summed E-state index contributed by atoms with van der Waals surface area (Å²) in [6, 6.07) is 0. The van der Waals surface area contributed by atoms with Gasteiger partial charge in [0.1, 0.15) is 0 Å². The molecule has 0 heterocycles. The van der Waals surface area contributed by atoms with Crippen LogP contribution in [-0.4, -0.2) is 13.2 Å². The van der Waals surface area contributed by atoms with E-state index in [0.29, 0.717) is 0 Å². The summed E-state index contributed by atoms with van der Waals surface area (Å²) in [5.41, 5.74) is 0. The molecular weight excluding hydrogens is 104 g/mol. The molecule has 0 saturated heterocycles. The third-order valence-corrected chi connectivity index (χ3v) is 0.553. The van der Waals surface area contributed by atoms with E-state index < -0.39 is 0 Å². The molecular formula is C5H18N2O. The largest absolute Gasteiger partial charge is 0.382 e. The molecule has 0 radical (unpaired) electrons. The summed E-state index contributed by atoms with van der Waals surface area (Å²) in [5.74, 6) is 0. The SMILES string of the molecule is CCCOCC.N.N. The first-order valence-electron chi connectivity index (χ1n) is 2.49. The first-order chi connectivity index (χ1) is 2.91. The Bertz CT molecular complexity index is 22.4. The maximum Gasteiger partial charge on any atom is 0.0463 e. The summed E-state index contributed by atoms with van der Waals surface area (Å²) in [4.78, 5) is 0. The first kappa shape index (κ1) is 15.7. The van der Waals surface area contributed by atoms with Crippen LogP contribution in [0.4, 0.5) is 0 Å². The van der Waals surface area contributed by atoms with Gasteiger partial charge in [-0.05, 0) is 13.3 Å². The van der Waals surface area contributed by atoms with E-state index in [4.69, 9.17) is 4.74 Å². The highest BCUT2D eigenvalue weighted by Gasteiger charge is 1.72. The van der Waals surface area contributed by atoms with Crippen molar-refractivity contribution in [2.45, 2.75) is 20.3 Å². The third kappa shape index (κ3) is 16.9. The zero-order chi connectivity index (χ0) is 4.83. The van der Waals surface area contributed by atoms with Gasteiger partial charge in [-0.3, -0.25) is 0 Å². The lowest BCUT2D eigenvalue weighted by atomic mass is 10.5. The fraction of sp³-hybridized carbons (Fsp3) is 1.00. The molecule has 0 amide bonds. The summed E-state index contributed by atoms with van der Waals surface area (Å²) in [6.45, 7) is 5.88. The van der Waals surface area contributed by atoms with Gasteiger partial charge in [0, 0.05) is 13.2 Å². The monoisotopic (exact) mass is 122 g/mol. The Kier molecular flexibility index (Phi) is 30.9. The van der Waals surface area contributed by atoms with E-state index >= 15 is 0 Å². The van der Waals surface area contributed by atoms with Crippen LogP contribution in [0.5, 0.6) is 0 Å². The Balaban J connectivity index is -0.000000125. The quantitative estimate of drug-likeness (QED) is 0.560. The van der Waals surface area contributed by atoms with Gasteiger partial charge in [-0.25, -0.2) is 0 Å². The average molecular weight is 122 g/mol. The van der Waals surface area contributed by atoms with Crippen molar-refractivity contribution in [1.29, 1.82) is 0 Å². The van der Waals surface area contributed by atoms with Crippen LogP contribution in [0.15, 0.2) is 0 Å². The molecule has 6 N–H and O–H groups in total. The molecule has 0 bridgehead atoms. The van der Waals surface area contributed by atoms with E-state index in [0.717, 1.165) is 19.6 Å². The maximum absolute atomic E-state index is 4.98. The number of ether oxygens (including phenoxy) is 1. The van der Waals surface area contributed by atoms with Gasteiger partial charge in [-0.2, -0.15) is 0 Å². The van der Waals surface area contributed by atoms with Crippen LogP contribution >= 0.6 is 0 Å². The van der Waals surface area contributed by atoms with Gasteiger partial charge < -0.3 is 17.0 Å². The van der Waals surface area contributed by atoms with Crippen LogP contribution in [0.2, 0.25) is 0 Å². The molecule has 0 aliphatic heterocycles. The van der Waals surface area contributed by atoms with Crippen molar-refractivity contribution in [1.82, 2.24) is 12.3 Å². The second kappa shape index (κ2) is 15.8. The second-order valence-electron chi connectivity index (χ2n) is 1.20. The molecule has 54 valence electrons. The van der Waals surface area contributed by atoms with E-state index in [1.165, 1.54) is 0 Å². The smallest absolute Gasteiger partial charge is 0.0463 e. The van der Waals surface area contributed by atoms with Gasteiger partial charge in [-0.1, -0.05) is 6.92 Å². The Morgan fingerprint density at radius 3 is 1.75 bits per heavy atom. The lowest BCUT2D eigenvalue weighted by Gasteiger charge is -1.91. The highest BCUT2D eigenvalue weighted by Crippen LogP contribution is 1.75. The van der Waals surface area contributed by atoms with Crippen LogP contribution in [0.25, 0.3) is 0 Å². The molecule has 0 aliphatic carbocycles. The van der Waals surface area contributed by atoms with E-state index in [9.17, 15) is 0 Å². The van der Waals surface area contributed by atoms with Gasteiger partial charge in [0.25, 0.3) is 0 Å². The minimum absolute atomic E-state index is 0. The first-order valence-corrected chi connectivity index (χ1v) is 2.49. The summed E-state index contributed by atoms with van der Waals surface area (Å²) in [7, 11) is 0. The molecule has 0 aromatic rings. The van der Waals surface area contributed by atoms with Crippen molar-refractivity contribution in [2.75, 3.05) is 13.2 Å². The normalized spacial score (nSPS) is 6.75. The molecule has 0 unspecified atom stereocenters. The van der Waals surface area contributed by atoms with Gasteiger partial charge >= 0.3 is 0 Å². The van der Waals surface area contributed by atoms with Crippen LogP contribution < -0.4 is 12.3 Å². The molecule has 0 fully saturated rings. The summed E-state index contributed by atoms with van der Waals surface area (Å²) in [5, 5.41) is 0. The van der Waals surface area contributed by atoms with Crippen molar-refractivity contribution in [3.05, 3.63) is 0 Å². The molecule has 0 rings (SSSR count). The molecule has 0 atom stereocenters. The van der Waals surface area contributed by atoms with Crippen molar-refractivity contribution in [3.63, 3.8) is 0 Å². The molecule has 0 spiro atoms. The minimum atomic E-state index is 0. The van der Waals surface area contributed by atoms with E-state index in [2.05, 4.69) is 6.92 Å². The Labute approximate surface area is 51.6 Å². The summed E-state index contributed by atoms with van der Waals surface area (Å²) < 4.78 is 4.98. The van der Waals surface area contributed by atoms with E-state index in [1.807, 2.05) is 6.92 Å². The van der Waals surface area contributed by atoms with Crippen LogP contribution in [0.1, 0.15) is 20.3 Å². The molecule has 0 aromatic heterocycles. The van der Waals surface area contributed by atoms with Crippen molar-refractivity contribution >= 4 is 0 Å². The molecule has 3 heteroatoms. The highest BCUT2D eigenvalue weighted by molar-refractivity contribution is 4.19.